The summed E-state index contributed by atoms with van der Waals surface area (Å²) in [6.07, 6.45) is 0. The summed E-state index contributed by atoms with van der Waals surface area (Å²) in [5.41, 5.74) is 2.32. The highest BCUT2D eigenvalue weighted by Gasteiger charge is 2.09. The number of para-hydroxylation sites is 1. The summed E-state index contributed by atoms with van der Waals surface area (Å²) in [4.78, 5) is 2.36. The van der Waals surface area contributed by atoms with E-state index in [2.05, 4.69) is 49.1 Å². The van der Waals surface area contributed by atoms with Crippen molar-refractivity contribution in [3.63, 3.8) is 0 Å². The van der Waals surface area contributed by atoms with Gasteiger partial charge in [-0.2, -0.15) is 0 Å². The maximum absolute atomic E-state index is 6.07. The molecule has 0 fully saturated rings. The highest BCUT2D eigenvalue weighted by Crippen LogP contribution is 2.29. The molecule has 2 aromatic rings. The van der Waals surface area contributed by atoms with Crippen molar-refractivity contribution in [3.05, 3.63) is 54.6 Å². The SMILES string of the molecule is CC(C)CN(CCCl)CCOc1ccccc1-c1ccccc1.Cl. The Morgan fingerprint density at radius 3 is 2.29 bits per heavy atom. The van der Waals surface area contributed by atoms with Crippen molar-refractivity contribution in [2.75, 3.05) is 32.1 Å². The first-order valence-electron chi connectivity index (χ1n) is 8.26. The van der Waals surface area contributed by atoms with Gasteiger partial charge in [-0.1, -0.05) is 62.4 Å². The van der Waals surface area contributed by atoms with Crippen LogP contribution in [0, 0.1) is 5.92 Å². The number of hydrogen-bond donors (Lipinski definition) is 0. The maximum atomic E-state index is 6.07. The molecule has 0 aliphatic rings. The van der Waals surface area contributed by atoms with Crippen LogP contribution in [0.3, 0.4) is 0 Å². The Morgan fingerprint density at radius 1 is 0.958 bits per heavy atom. The molecule has 0 spiro atoms. The zero-order valence-electron chi connectivity index (χ0n) is 14.5. The molecule has 0 saturated heterocycles. The Kier molecular flexibility index (Phi) is 9.85. The van der Waals surface area contributed by atoms with Gasteiger partial charge in [0.15, 0.2) is 0 Å². The maximum Gasteiger partial charge on any atom is 0.127 e. The fourth-order valence-electron chi connectivity index (χ4n) is 2.66. The Hall–Kier alpha value is -1.22. The summed E-state index contributed by atoms with van der Waals surface area (Å²) >= 11 is 5.90. The van der Waals surface area contributed by atoms with Gasteiger partial charge in [-0.05, 0) is 17.5 Å². The number of benzene rings is 2. The number of nitrogens with zero attached hydrogens (tertiary/aromatic N) is 1. The van der Waals surface area contributed by atoms with Gasteiger partial charge in [-0.25, -0.2) is 0 Å². The molecular formula is C20H27Cl2NO. The predicted molar refractivity (Wildman–Crippen MR) is 107 cm³/mol. The van der Waals surface area contributed by atoms with Gasteiger partial charge in [0.05, 0.1) is 0 Å². The van der Waals surface area contributed by atoms with Crippen molar-refractivity contribution >= 4 is 24.0 Å². The van der Waals surface area contributed by atoms with E-state index >= 15 is 0 Å². The van der Waals surface area contributed by atoms with E-state index in [1.807, 2.05) is 24.3 Å². The molecule has 0 aliphatic heterocycles. The molecule has 0 amide bonds. The van der Waals surface area contributed by atoms with Crippen LogP contribution >= 0.6 is 24.0 Å². The highest BCUT2D eigenvalue weighted by molar-refractivity contribution is 6.18. The van der Waals surface area contributed by atoms with E-state index in [9.17, 15) is 0 Å². The molecule has 4 heteroatoms. The molecular weight excluding hydrogens is 341 g/mol. The van der Waals surface area contributed by atoms with E-state index in [0.29, 0.717) is 18.4 Å². The molecule has 0 saturated carbocycles. The molecule has 0 unspecified atom stereocenters. The van der Waals surface area contributed by atoms with Gasteiger partial charge in [0.1, 0.15) is 12.4 Å². The quantitative estimate of drug-likeness (QED) is 0.553. The normalized spacial score (nSPS) is 10.7. The molecule has 0 bridgehead atoms. The topological polar surface area (TPSA) is 12.5 Å². The first-order chi connectivity index (χ1) is 11.2. The lowest BCUT2D eigenvalue weighted by Gasteiger charge is -2.23. The van der Waals surface area contributed by atoms with Gasteiger partial charge in [-0.15, -0.1) is 24.0 Å². The van der Waals surface area contributed by atoms with Crippen molar-refractivity contribution in [2.45, 2.75) is 13.8 Å². The van der Waals surface area contributed by atoms with Crippen LogP contribution in [0.2, 0.25) is 0 Å². The third-order valence-corrected chi connectivity index (χ3v) is 3.83. The summed E-state index contributed by atoms with van der Waals surface area (Å²) < 4.78 is 6.07. The first kappa shape index (κ1) is 20.8. The predicted octanol–water partition coefficient (Wildman–Crippen LogP) is 5.35. The molecule has 0 atom stereocenters. The lowest BCUT2D eigenvalue weighted by molar-refractivity contribution is 0.201. The molecule has 2 nitrogen and oxygen atoms in total. The van der Waals surface area contributed by atoms with Crippen LogP contribution in [0.25, 0.3) is 11.1 Å². The van der Waals surface area contributed by atoms with Crippen molar-refractivity contribution in [1.82, 2.24) is 4.90 Å². The van der Waals surface area contributed by atoms with E-state index in [1.165, 1.54) is 5.56 Å². The second-order valence-corrected chi connectivity index (χ2v) is 6.47. The fraction of sp³-hybridized carbons (Fsp3) is 0.400. The molecule has 0 aliphatic carbocycles. The average Bonchev–Trinajstić information content (AvgIpc) is 2.56. The molecule has 24 heavy (non-hydrogen) atoms. The summed E-state index contributed by atoms with van der Waals surface area (Å²) in [6, 6.07) is 18.6. The fourth-order valence-corrected chi connectivity index (χ4v) is 2.90. The number of rotatable bonds is 9. The van der Waals surface area contributed by atoms with E-state index in [0.717, 1.165) is 30.9 Å². The van der Waals surface area contributed by atoms with Crippen LogP contribution in [0.1, 0.15) is 13.8 Å². The van der Waals surface area contributed by atoms with E-state index in [-0.39, 0.29) is 12.4 Å². The van der Waals surface area contributed by atoms with Gasteiger partial charge in [0.2, 0.25) is 0 Å². The Bertz CT molecular complexity index is 575. The van der Waals surface area contributed by atoms with Gasteiger partial charge in [0, 0.05) is 31.1 Å². The van der Waals surface area contributed by atoms with E-state index in [4.69, 9.17) is 16.3 Å². The average molecular weight is 368 g/mol. The molecule has 0 radical (unpaired) electrons. The molecule has 0 aromatic heterocycles. The minimum absolute atomic E-state index is 0. The van der Waals surface area contributed by atoms with Crippen LogP contribution in [-0.4, -0.2) is 37.0 Å². The molecule has 2 rings (SSSR count). The number of halogens is 2. The monoisotopic (exact) mass is 367 g/mol. The second-order valence-electron chi connectivity index (χ2n) is 6.09. The standard InChI is InChI=1S/C20H26ClNO.ClH/c1-17(2)16-22(13-12-21)14-15-23-20-11-7-6-10-19(20)18-8-4-3-5-9-18;/h3-11,17H,12-16H2,1-2H3;1H. The van der Waals surface area contributed by atoms with Crippen molar-refractivity contribution in [2.24, 2.45) is 5.92 Å². The lowest BCUT2D eigenvalue weighted by atomic mass is 10.1. The summed E-state index contributed by atoms with van der Waals surface area (Å²) in [5, 5.41) is 0. The van der Waals surface area contributed by atoms with E-state index in [1.54, 1.807) is 0 Å². The van der Waals surface area contributed by atoms with Gasteiger partial charge in [-0.3, -0.25) is 4.90 Å². The van der Waals surface area contributed by atoms with Crippen LogP contribution < -0.4 is 4.74 Å². The molecule has 2 aromatic carbocycles. The van der Waals surface area contributed by atoms with Crippen molar-refractivity contribution in [3.8, 4) is 16.9 Å². The van der Waals surface area contributed by atoms with Crippen LogP contribution in [0.5, 0.6) is 5.75 Å². The Balaban J connectivity index is 0.00000288. The summed E-state index contributed by atoms with van der Waals surface area (Å²) in [5.74, 6) is 2.23. The lowest BCUT2D eigenvalue weighted by Crippen LogP contribution is -2.33. The van der Waals surface area contributed by atoms with E-state index < -0.39 is 0 Å². The second kappa shape index (κ2) is 11.4. The Labute approximate surface area is 157 Å². The summed E-state index contributed by atoms with van der Waals surface area (Å²) in [7, 11) is 0. The highest BCUT2D eigenvalue weighted by atomic mass is 35.5. The summed E-state index contributed by atoms with van der Waals surface area (Å²) in [6.45, 7) is 7.99. The molecule has 0 heterocycles. The largest absolute Gasteiger partial charge is 0.492 e. The van der Waals surface area contributed by atoms with Crippen molar-refractivity contribution in [1.29, 1.82) is 0 Å². The minimum Gasteiger partial charge on any atom is -0.492 e. The van der Waals surface area contributed by atoms with Crippen LogP contribution in [-0.2, 0) is 0 Å². The third kappa shape index (κ3) is 6.72. The number of alkyl halides is 1. The van der Waals surface area contributed by atoms with Gasteiger partial charge >= 0.3 is 0 Å². The molecule has 0 N–H and O–H groups in total. The third-order valence-electron chi connectivity index (χ3n) is 3.66. The zero-order valence-corrected chi connectivity index (χ0v) is 16.0. The first-order valence-corrected chi connectivity index (χ1v) is 8.79. The van der Waals surface area contributed by atoms with Crippen LogP contribution in [0.4, 0.5) is 0 Å². The van der Waals surface area contributed by atoms with Gasteiger partial charge in [0.25, 0.3) is 0 Å². The number of hydrogen-bond acceptors (Lipinski definition) is 2. The van der Waals surface area contributed by atoms with Crippen molar-refractivity contribution < 1.29 is 4.74 Å². The molecule has 132 valence electrons. The minimum atomic E-state index is 0. The van der Waals surface area contributed by atoms with Crippen LogP contribution in [0.15, 0.2) is 54.6 Å². The zero-order chi connectivity index (χ0) is 16.5. The van der Waals surface area contributed by atoms with Gasteiger partial charge < -0.3 is 4.74 Å². The smallest absolute Gasteiger partial charge is 0.127 e. The Morgan fingerprint density at radius 2 is 1.62 bits per heavy atom. The number of ether oxygens (including phenoxy) is 1.